The summed E-state index contributed by atoms with van der Waals surface area (Å²) in [6, 6.07) is 12.6. The van der Waals surface area contributed by atoms with Crippen LogP contribution in [0.5, 0.6) is 0 Å². The van der Waals surface area contributed by atoms with Crippen molar-refractivity contribution in [1.29, 1.82) is 0 Å². The van der Waals surface area contributed by atoms with Gasteiger partial charge in [0.1, 0.15) is 0 Å². The summed E-state index contributed by atoms with van der Waals surface area (Å²) >= 11 is 0. The molecule has 0 radical (unpaired) electrons. The summed E-state index contributed by atoms with van der Waals surface area (Å²) < 4.78 is 1.75. The molecule has 0 saturated carbocycles. The molecule has 0 unspecified atom stereocenters. The van der Waals surface area contributed by atoms with Gasteiger partial charge in [-0.2, -0.15) is 5.10 Å². The van der Waals surface area contributed by atoms with Crippen molar-refractivity contribution in [3.05, 3.63) is 47.7 Å². The highest BCUT2D eigenvalue weighted by Gasteiger charge is 2.50. The minimum absolute atomic E-state index is 0.0639. The van der Waals surface area contributed by atoms with Crippen LogP contribution >= 0.6 is 0 Å². The Balaban J connectivity index is 1.55. The SMILES string of the molecule is Cc1cc(NC(=O)CN2[C@H](Cc3ccccc3)C[C@]3(C)NC(=O)CCC[C@H]23)nn1C. The van der Waals surface area contributed by atoms with E-state index >= 15 is 0 Å². The Labute approximate surface area is 177 Å². The number of amides is 2. The minimum Gasteiger partial charge on any atom is -0.349 e. The van der Waals surface area contributed by atoms with Crippen LogP contribution in [-0.4, -0.2) is 50.7 Å². The summed E-state index contributed by atoms with van der Waals surface area (Å²) in [7, 11) is 1.86. The number of benzene rings is 1. The van der Waals surface area contributed by atoms with E-state index in [0.29, 0.717) is 18.8 Å². The highest BCUT2D eigenvalue weighted by atomic mass is 16.2. The molecule has 0 spiro atoms. The number of aromatic nitrogens is 2. The third-order valence-corrected chi connectivity index (χ3v) is 6.59. The van der Waals surface area contributed by atoms with Gasteiger partial charge in [-0.15, -0.1) is 0 Å². The summed E-state index contributed by atoms with van der Waals surface area (Å²) in [5.74, 6) is 0.635. The molecule has 1 aromatic heterocycles. The van der Waals surface area contributed by atoms with E-state index in [1.165, 1.54) is 5.56 Å². The van der Waals surface area contributed by atoms with Crippen LogP contribution in [0.3, 0.4) is 0 Å². The van der Waals surface area contributed by atoms with Crippen molar-refractivity contribution < 1.29 is 9.59 Å². The predicted octanol–water partition coefficient (Wildman–Crippen LogP) is 2.41. The number of rotatable bonds is 5. The Morgan fingerprint density at radius 2 is 2.10 bits per heavy atom. The quantitative estimate of drug-likeness (QED) is 0.795. The molecule has 3 atom stereocenters. The molecule has 3 heterocycles. The normalized spacial score (nSPS) is 26.7. The zero-order chi connectivity index (χ0) is 21.3. The van der Waals surface area contributed by atoms with E-state index in [0.717, 1.165) is 31.4 Å². The van der Waals surface area contributed by atoms with Crippen molar-refractivity contribution >= 4 is 17.6 Å². The second-order valence-electron chi connectivity index (χ2n) is 8.94. The van der Waals surface area contributed by atoms with Gasteiger partial charge in [0.15, 0.2) is 5.82 Å². The van der Waals surface area contributed by atoms with Crippen LogP contribution in [0.4, 0.5) is 5.82 Å². The lowest BCUT2D eigenvalue weighted by Crippen LogP contribution is -2.54. The fourth-order valence-corrected chi connectivity index (χ4v) is 5.10. The number of aryl methyl sites for hydroxylation is 2. The first kappa shape index (κ1) is 20.6. The Morgan fingerprint density at radius 3 is 2.80 bits per heavy atom. The Bertz CT molecular complexity index is 905. The molecular formula is C23H31N5O2. The molecule has 0 aliphatic carbocycles. The molecule has 30 heavy (non-hydrogen) atoms. The van der Waals surface area contributed by atoms with Gasteiger partial charge >= 0.3 is 0 Å². The van der Waals surface area contributed by atoms with E-state index in [1.54, 1.807) is 4.68 Å². The zero-order valence-electron chi connectivity index (χ0n) is 18.0. The number of hydrogen-bond donors (Lipinski definition) is 2. The molecule has 2 fully saturated rings. The van der Waals surface area contributed by atoms with Crippen LogP contribution in [0.25, 0.3) is 0 Å². The van der Waals surface area contributed by atoms with Crippen molar-refractivity contribution in [1.82, 2.24) is 20.0 Å². The van der Waals surface area contributed by atoms with E-state index in [2.05, 4.69) is 39.7 Å². The van der Waals surface area contributed by atoms with Gasteiger partial charge in [0.2, 0.25) is 11.8 Å². The van der Waals surface area contributed by atoms with Gasteiger partial charge in [0.05, 0.1) is 12.1 Å². The molecule has 2 aromatic rings. The first-order chi connectivity index (χ1) is 14.3. The Morgan fingerprint density at radius 1 is 1.33 bits per heavy atom. The Kier molecular flexibility index (Phi) is 5.64. The molecule has 7 nitrogen and oxygen atoms in total. The first-order valence-corrected chi connectivity index (χ1v) is 10.8. The molecule has 7 heteroatoms. The third-order valence-electron chi connectivity index (χ3n) is 6.59. The lowest BCUT2D eigenvalue weighted by atomic mass is 9.89. The largest absolute Gasteiger partial charge is 0.349 e. The Hall–Kier alpha value is -2.67. The van der Waals surface area contributed by atoms with Crippen LogP contribution in [-0.2, 0) is 23.1 Å². The van der Waals surface area contributed by atoms with Crippen LogP contribution in [0.2, 0.25) is 0 Å². The van der Waals surface area contributed by atoms with Crippen molar-refractivity contribution in [2.45, 2.75) is 63.6 Å². The molecule has 4 rings (SSSR count). The van der Waals surface area contributed by atoms with Crippen LogP contribution in [0.15, 0.2) is 36.4 Å². The van der Waals surface area contributed by atoms with Crippen molar-refractivity contribution in [2.75, 3.05) is 11.9 Å². The van der Waals surface area contributed by atoms with E-state index in [9.17, 15) is 9.59 Å². The van der Waals surface area contributed by atoms with E-state index < -0.39 is 0 Å². The number of nitrogens with zero attached hydrogens (tertiary/aromatic N) is 3. The molecule has 2 aliphatic rings. The minimum atomic E-state index is -0.311. The predicted molar refractivity (Wildman–Crippen MR) is 116 cm³/mol. The van der Waals surface area contributed by atoms with Crippen molar-refractivity contribution in [3.8, 4) is 0 Å². The molecule has 2 amide bonds. The molecule has 2 saturated heterocycles. The van der Waals surface area contributed by atoms with E-state index in [1.807, 2.05) is 38.2 Å². The lowest BCUT2D eigenvalue weighted by Gasteiger charge is -2.34. The van der Waals surface area contributed by atoms with Gasteiger partial charge in [-0.1, -0.05) is 30.3 Å². The molecular weight excluding hydrogens is 378 g/mol. The highest BCUT2D eigenvalue weighted by molar-refractivity contribution is 5.91. The van der Waals surface area contributed by atoms with E-state index in [4.69, 9.17) is 0 Å². The molecule has 0 bridgehead atoms. The highest BCUT2D eigenvalue weighted by Crippen LogP contribution is 2.39. The average Bonchev–Trinajstić information content (AvgIpc) is 3.06. The maximum atomic E-state index is 12.9. The molecule has 2 aliphatic heterocycles. The number of carbonyl (C=O) groups excluding carboxylic acids is 2. The number of likely N-dealkylation sites (tertiary alicyclic amines) is 1. The monoisotopic (exact) mass is 409 g/mol. The van der Waals surface area contributed by atoms with Gasteiger partial charge in [0.25, 0.3) is 0 Å². The fourth-order valence-electron chi connectivity index (χ4n) is 5.10. The third kappa shape index (κ3) is 4.26. The lowest BCUT2D eigenvalue weighted by molar-refractivity contribution is -0.122. The van der Waals surface area contributed by atoms with Gasteiger partial charge in [-0.25, -0.2) is 0 Å². The first-order valence-electron chi connectivity index (χ1n) is 10.8. The molecule has 1 aromatic carbocycles. The molecule has 2 N–H and O–H groups in total. The summed E-state index contributed by atoms with van der Waals surface area (Å²) in [4.78, 5) is 27.5. The summed E-state index contributed by atoms with van der Waals surface area (Å²) in [5, 5.41) is 10.6. The van der Waals surface area contributed by atoms with Crippen LogP contribution < -0.4 is 10.6 Å². The number of hydrogen-bond acceptors (Lipinski definition) is 4. The summed E-state index contributed by atoms with van der Waals surface area (Å²) in [6.07, 6.45) is 4.02. The fraction of sp³-hybridized carbons (Fsp3) is 0.522. The zero-order valence-corrected chi connectivity index (χ0v) is 18.0. The van der Waals surface area contributed by atoms with Crippen LogP contribution in [0.1, 0.15) is 43.9 Å². The standard InChI is InChI=1S/C23H31N5O2/c1-16-12-20(26-27(16)3)24-22(30)15-28-18(13-17-8-5-4-6-9-17)14-23(2)19(28)10-7-11-21(29)25-23/h4-6,8-9,12,18-19H,7,10-11,13-15H2,1-3H3,(H,25,29)(H,24,26,30)/t18-,19+,23+/m1/s1. The number of nitrogens with one attached hydrogen (secondary N) is 2. The van der Waals surface area contributed by atoms with Gasteiger partial charge in [-0.3, -0.25) is 19.2 Å². The maximum Gasteiger partial charge on any atom is 0.239 e. The second-order valence-corrected chi connectivity index (χ2v) is 8.94. The van der Waals surface area contributed by atoms with Crippen molar-refractivity contribution in [2.24, 2.45) is 7.05 Å². The van der Waals surface area contributed by atoms with Crippen molar-refractivity contribution in [3.63, 3.8) is 0 Å². The second kappa shape index (κ2) is 8.22. The summed E-state index contributed by atoms with van der Waals surface area (Å²) in [6.45, 7) is 4.39. The number of anilines is 1. The maximum absolute atomic E-state index is 12.9. The van der Waals surface area contributed by atoms with Gasteiger partial charge < -0.3 is 10.6 Å². The van der Waals surface area contributed by atoms with Crippen LogP contribution in [0, 0.1) is 6.92 Å². The van der Waals surface area contributed by atoms with E-state index in [-0.39, 0.29) is 29.4 Å². The molecule has 160 valence electrons. The number of fused-ring (bicyclic) bond motifs is 1. The average molecular weight is 410 g/mol. The van der Waals surface area contributed by atoms with Gasteiger partial charge in [-0.05, 0) is 45.1 Å². The topological polar surface area (TPSA) is 79.3 Å². The number of carbonyl (C=O) groups is 2. The van der Waals surface area contributed by atoms with Gasteiger partial charge in [0, 0.05) is 37.3 Å². The smallest absolute Gasteiger partial charge is 0.239 e. The summed E-state index contributed by atoms with van der Waals surface area (Å²) in [5.41, 5.74) is 1.93.